The lowest BCUT2D eigenvalue weighted by Gasteiger charge is -2.16. The van der Waals surface area contributed by atoms with E-state index in [2.05, 4.69) is 27.7 Å². The van der Waals surface area contributed by atoms with Gasteiger partial charge in [0.25, 0.3) is 0 Å². The maximum absolute atomic E-state index is 14.9. The van der Waals surface area contributed by atoms with E-state index in [0.717, 1.165) is 75.6 Å². The Morgan fingerprint density at radius 3 is 1.21 bits per heavy atom. The van der Waals surface area contributed by atoms with Gasteiger partial charge in [-0.2, -0.15) is 26.3 Å². The minimum absolute atomic E-state index is 0.113. The molecule has 0 radical (unpaired) electrons. The van der Waals surface area contributed by atoms with Crippen molar-refractivity contribution in [3.05, 3.63) is 118 Å². The van der Waals surface area contributed by atoms with E-state index in [-0.39, 0.29) is 32.4 Å². The van der Waals surface area contributed by atoms with Crippen LogP contribution >= 0.6 is 0 Å². The largest absolute Gasteiger partial charge is 0.493 e. The summed E-state index contributed by atoms with van der Waals surface area (Å²) in [6.45, 7) is 9.55. The van der Waals surface area contributed by atoms with Crippen LogP contribution in [-0.4, -0.2) is 19.0 Å². The number of rotatable bonds is 16. The number of carbonyl (C=O) groups excluding carboxylic acids is 1. The Balaban J connectivity index is 1.58. The third-order valence-corrected chi connectivity index (χ3v) is 11.1. The zero-order valence-corrected chi connectivity index (χ0v) is 32.3. The van der Waals surface area contributed by atoms with Gasteiger partial charge in [-0.3, -0.25) is 4.79 Å². The maximum atomic E-state index is 14.9. The SMILES string of the molecule is CCCCC(CC)COc1ccc(C2=c3c(c4cc(C(F)(F)F)ccc4c4ccc(C(F)(F)F)cc34)=C(c3ccc(OCC(CC)CCCC)cc3)C2=O)cc1. The van der Waals surface area contributed by atoms with Crippen molar-refractivity contribution < 1.29 is 40.6 Å². The summed E-state index contributed by atoms with van der Waals surface area (Å²) in [6.07, 6.45) is -1.06. The van der Waals surface area contributed by atoms with Crippen LogP contribution in [0.3, 0.4) is 0 Å². The molecule has 0 spiro atoms. The minimum atomic E-state index is -4.71. The average molecular weight is 775 g/mol. The van der Waals surface area contributed by atoms with Crippen molar-refractivity contribution in [1.82, 2.24) is 0 Å². The highest BCUT2D eigenvalue weighted by Gasteiger charge is 2.35. The molecule has 1 aliphatic carbocycles. The van der Waals surface area contributed by atoms with Crippen molar-refractivity contribution in [1.29, 1.82) is 0 Å². The summed E-state index contributed by atoms with van der Waals surface area (Å²) >= 11 is 0. The van der Waals surface area contributed by atoms with Gasteiger partial charge in [-0.25, -0.2) is 0 Å². The number of halogens is 6. The number of alkyl halides is 6. The first kappa shape index (κ1) is 40.9. The van der Waals surface area contributed by atoms with Gasteiger partial charge in [0.1, 0.15) is 11.5 Å². The Bertz CT molecular complexity index is 2140. The molecule has 0 saturated carbocycles. The van der Waals surface area contributed by atoms with Gasteiger partial charge in [-0.05, 0) is 106 Å². The molecule has 0 N–H and O–H groups in total. The fourth-order valence-electron chi connectivity index (χ4n) is 7.68. The molecule has 9 heteroatoms. The quantitative estimate of drug-likeness (QED) is 0.0740. The average Bonchev–Trinajstić information content (AvgIpc) is 3.50. The smallest absolute Gasteiger partial charge is 0.416 e. The molecule has 1 aliphatic rings. The Morgan fingerprint density at radius 1 is 0.518 bits per heavy atom. The number of unbranched alkanes of at least 4 members (excludes halogenated alkanes) is 2. The van der Waals surface area contributed by atoms with Crippen LogP contribution in [0.15, 0.2) is 84.9 Å². The molecule has 0 saturated heterocycles. The number of fused-ring (bicyclic) bond motifs is 6. The fourth-order valence-corrected chi connectivity index (χ4v) is 7.68. The van der Waals surface area contributed by atoms with Crippen LogP contribution in [-0.2, 0) is 17.1 Å². The second-order valence-corrected chi connectivity index (χ2v) is 14.8. The monoisotopic (exact) mass is 774 g/mol. The van der Waals surface area contributed by atoms with Crippen molar-refractivity contribution in [3.8, 4) is 11.5 Å². The van der Waals surface area contributed by atoms with Crippen LogP contribution in [0.4, 0.5) is 26.3 Å². The van der Waals surface area contributed by atoms with Crippen LogP contribution in [0.2, 0.25) is 0 Å². The zero-order chi connectivity index (χ0) is 40.2. The lowest BCUT2D eigenvalue weighted by molar-refractivity contribution is -0.138. The summed E-state index contributed by atoms with van der Waals surface area (Å²) in [5.74, 6) is 1.40. The van der Waals surface area contributed by atoms with Gasteiger partial charge >= 0.3 is 12.4 Å². The molecule has 2 atom stereocenters. The van der Waals surface area contributed by atoms with Crippen molar-refractivity contribution in [3.63, 3.8) is 0 Å². The van der Waals surface area contributed by atoms with Gasteiger partial charge in [0.2, 0.25) is 0 Å². The number of hydrogen-bond acceptors (Lipinski definition) is 3. The molecule has 56 heavy (non-hydrogen) atoms. The Morgan fingerprint density at radius 2 is 0.893 bits per heavy atom. The number of ketones is 1. The lowest BCUT2D eigenvalue weighted by Crippen LogP contribution is -2.28. The van der Waals surface area contributed by atoms with Crippen LogP contribution in [0, 0.1) is 11.8 Å². The van der Waals surface area contributed by atoms with Crippen molar-refractivity contribution in [2.45, 2.75) is 91.4 Å². The van der Waals surface area contributed by atoms with E-state index in [1.807, 2.05) is 0 Å². The van der Waals surface area contributed by atoms with Gasteiger partial charge in [-0.15, -0.1) is 0 Å². The molecule has 0 bridgehead atoms. The van der Waals surface area contributed by atoms with E-state index >= 15 is 0 Å². The second kappa shape index (κ2) is 17.1. The number of ether oxygens (including phenoxy) is 2. The first-order valence-corrected chi connectivity index (χ1v) is 19.7. The van der Waals surface area contributed by atoms with Gasteiger partial charge in [-0.1, -0.05) is 103 Å². The summed E-state index contributed by atoms with van der Waals surface area (Å²) in [7, 11) is 0. The normalized spacial score (nSPS) is 14.4. The van der Waals surface area contributed by atoms with E-state index in [1.165, 1.54) is 12.1 Å². The molecule has 296 valence electrons. The van der Waals surface area contributed by atoms with Crippen LogP contribution in [0.25, 0.3) is 32.7 Å². The highest BCUT2D eigenvalue weighted by molar-refractivity contribution is 6.45. The van der Waals surface area contributed by atoms with Gasteiger partial charge < -0.3 is 9.47 Å². The number of carbonyl (C=O) groups is 1. The van der Waals surface area contributed by atoms with E-state index in [1.54, 1.807) is 48.5 Å². The number of Topliss-reactive ketones (excluding diaryl/α,β-unsaturated/α-hetero) is 1. The van der Waals surface area contributed by atoms with Gasteiger partial charge in [0, 0.05) is 21.6 Å². The Labute approximate surface area is 324 Å². The zero-order valence-electron chi connectivity index (χ0n) is 32.3. The number of benzene rings is 5. The number of hydrogen-bond donors (Lipinski definition) is 0. The summed E-state index contributed by atoms with van der Waals surface area (Å²) in [5.41, 5.74) is -0.800. The molecular weight excluding hydrogens is 727 g/mol. The predicted molar refractivity (Wildman–Crippen MR) is 211 cm³/mol. The molecule has 3 nitrogen and oxygen atoms in total. The van der Waals surface area contributed by atoms with Crippen LogP contribution in [0.5, 0.6) is 11.5 Å². The summed E-state index contributed by atoms with van der Waals surface area (Å²) in [4.78, 5) is 14.9. The van der Waals surface area contributed by atoms with E-state index in [0.29, 0.717) is 58.4 Å². The Hall–Kier alpha value is -4.79. The van der Waals surface area contributed by atoms with Crippen molar-refractivity contribution in [2.75, 3.05) is 13.2 Å². The van der Waals surface area contributed by atoms with E-state index in [4.69, 9.17) is 9.47 Å². The fraction of sp³-hybridized carbons (Fsp3) is 0.383. The third-order valence-electron chi connectivity index (χ3n) is 11.1. The highest BCUT2D eigenvalue weighted by Crippen LogP contribution is 2.37. The molecule has 6 rings (SSSR count). The van der Waals surface area contributed by atoms with Gasteiger partial charge in [0.05, 0.1) is 24.3 Å². The summed E-state index contributed by atoms with van der Waals surface area (Å²) in [6, 6.07) is 20.1. The molecule has 0 amide bonds. The molecule has 0 aliphatic heterocycles. The van der Waals surface area contributed by atoms with E-state index in [9.17, 15) is 31.1 Å². The van der Waals surface area contributed by atoms with Crippen LogP contribution < -0.4 is 19.9 Å². The first-order valence-electron chi connectivity index (χ1n) is 19.7. The lowest BCUT2D eigenvalue weighted by atomic mass is 9.93. The second-order valence-electron chi connectivity index (χ2n) is 14.8. The summed E-state index contributed by atoms with van der Waals surface area (Å²) < 4.78 is 97.9. The minimum Gasteiger partial charge on any atom is -0.493 e. The Kier molecular flexibility index (Phi) is 12.5. The van der Waals surface area contributed by atoms with Crippen LogP contribution in [0.1, 0.15) is 101 Å². The van der Waals surface area contributed by atoms with Gasteiger partial charge in [0.15, 0.2) is 5.78 Å². The third kappa shape index (κ3) is 8.62. The maximum Gasteiger partial charge on any atom is 0.416 e. The molecule has 0 heterocycles. The standard InChI is InChI=1S/C47H48F6O3/c1-5-9-11-29(7-3)27-55-35-19-13-31(14-20-35)41-43-39-25-33(46(48,49)50)17-23-37(39)38-24-18-34(47(51,52)53)26-40(38)44(43)42(45(41)54)32-15-21-36(22-16-32)56-28-30(8-4)12-10-6-2/h13-26,29-30H,5-12,27-28H2,1-4H3. The molecule has 2 unspecified atom stereocenters. The molecule has 5 aromatic carbocycles. The first-order chi connectivity index (χ1) is 26.8. The summed E-state index contributed by atoms with van der Waals surface area (Å²) in [5, 5.41) is 1.20. The molecule has 5 aromatic rings. The van der Waals surface area contributed by atoms with E-state index < -0.39 is 29.3 Å². The topological polar surface area (TPSA) is 35.5 Å². The predicted octanol–water partition coefficient (Wildman–Crippen LogP) is 12.2. The molecular formula is C47H48F6O3. The van der Waals surface area contributed by atoms with Crippen molar-refractivity contribution in [2.24, 2.45) is 11.8 Å². The van der Waals surface area contributed by atoms with Crippen molar-refractivity contribution >= 4 is 38.5 Å². The highest BCUT2D eigenvalue weighted by atomic mass is 19.4. The molecule has 0 aromatic heterocycles. The molecule has 0 fully saturated rings.